The molecule has 0 bridgehead atoms. The van der Waals surface area contributed by atoms with Gasteiger partial charge in [0.25, 0.3) is 0 Å². The summed E-state index contributed by atoms with van der Waals surface area (Å²) in [6, 6.07) is 0. The van der Waals surface area contributed by atoms with Crippen molar-refractivity contribution < 1.29 is 0 Å². The van der Waals surface area contributed by atoms with Crippen molar-refractivity contribution in [3.05, 3.63) is 0 Å². The summed E-state index contributed by atoms with van der Waals surface area (Å²) >= 11 is 0. The lowest BCUT2D eigenvalue weighted by Gasteiger charge is -2.73. The van der Waals surface area contributed by atoms with Gasteiger partial charge in [0.2, 0.25) is 0 Å². The quantitative estimate of drug-likeness (QED) is 0.382. The summed E-state index contributed by atoms with van der Waals surface area (Å²) < 4.78 is 0. The van der Waals surface area contributed by atoms with Gasteiger partial charge in [-0.1, -0.05) is 61.3 Å². The second-order valence-electron chi connectivity index (χ2n) is 14.7. The smallest absolute Gasteiger partial charge is 0.0235 e. The van der Waals surface area contributed by atoms with Gasteiger partial charge in [0.05, 0.1) is 0 Å². The van der Waals surface area contributed by atoms with Gasteiger partial charge in [-0.2, -0.15) is 0 Å². The molecule has 5 aliphatic carbocycles. The van der Waals surface area contributed by atoms with Gasteiger partial charge < -0.3 is 0 Å². The van der Waals surface area contributed by atoms with E-state index in [9.17, 15) is 0 Å². The molecule has 9 atom stereocenters. The van der Waals surface area contributed by atoms with Crippen molar-refractivity contribution in [1.29, 1.82) is 0 Å². The maximum absolute atomic E-state index is 2.81. The Kier molecular flexibility index (Phi) is 4.52. The second-order valence-corrected chi connectivity index (χ2v) is 14.7. The molecule has 29 heavy (non-hydrogen) atoms. The molecule has 0 aromatic carbocycles. The van der Waals surface area contributed by atoms with Gasteiger partial charge in [-0.05, 0) is 121 Å². The summed E-state index contributed by atoms with van der Waals surface area (Å²) in [5.74, 6) is 4.91. The van der Waals surface area contributed by atoms with E-state index < -0.39 is 0 Å². The van der Waals surface area contributed by atoms with Crippen LogP contribution in [0.3, 0.4) is 0 Å². The monoisotopic (exact) mass is 398 g/mol. The van der Waals surface area contributed by atoms with Crippen molar-refractivity contribution in [2.24, 2.45) is 56.7 Å². The van der Waals surface area contributed by atoms with Crippen molar-refractivity contribution in [1.82, 2.24) is 0 Å². The molecule has 0 unspecified atom stereocenters. The number of rotatable bonds is 0. The second kappa shape index (κ2) is 6.28. The fourth-order valence-electron chi connectivity index (χ4n) is 11.3. The molecule has 5 fully saturated rings. The number of hydrogen-bond acceptors (Lipinski definition) is 0. The lowest BCUT2D eigenvalue weighted by atomic mass is 9.32. The Balaban J connectivity index is 1.52. The van der Waals surface area contributed by atoms with Crippen LogP contribution in [0.5, 0.6) is 0 Å². The van der Waals surface area contributed by atoms with E-state index in [1.807, 2.05) is 0 Å². The lowest BCUT2D eigenvalue weighted by Crippen LogP contribution is -2.65. The normalized spacial score (nSPS) is 59.1. The summed E-state index contributed by atoms with van der Waals surface area (Å²) in [5, 5.41) is 0. The van der Waals surface area contributed by atoms with Gasteiger partial charge in [0.1, 0.15) is 0 Å². The van der Waals surface area contributed by atoms with Gasteiger partial charge in [-0.3, -0.25) is 0 Å². The van der Waals surface area contributed by atoms with Crippen LogP contribution in [0.15, 0.2) is 0 Å². The summed E-state index contributed by atoms with van der Waals surface area (Å²) in [7, 11) is 0. The van der Waals surface area contributed by atoms with Crippen molar-refractivity contribution in [2.75, 3.05) is 0 Å². The number of fused-ring (bicyclic) bond motifs is 7. The zero-order chi connectivity index (χ0) is 20.9. The minimum Gasteiger partial charge on any atom is -0.0625 e. The molecule has 0 amide bonds. The first-order chi connectivity index (χ1) is 13.5. The van der Waals surface area contributed by atoms with E-state index in [2.05, 4.69) is 48.5 Å². The van der Waals surface area contributed by atoms with Crippen LogP contribution in [0.25, 0.3) is 0 Å². The molecule has 0 aromatic heterocycles. The molecular weight excluding hydrogens is 348 g/mol. The molecule has 0 heteroatoms. The highest BCUT2D eigenvalue weighted by Crippen LogP contribution is 2.76. The molecule has 0 N–H and O–H groups in total. The maximum atomic E-state index is 2.81. The Morgan fingerprint density at radius 3 is 2.10 bits per heavy atom. The Morgan fingerprint density at radius 2 is 1.34 bits per heavy atom. The van der Waals surface area contributed by atoms with E-state index in [4.69, 9.17) is 0 Å². The van der Waals surface area contributed by atoms with Crippen LogP contribution in [0.2, 0.25) is 0 Å². The van der Waals surface area contributed by atoms with E-state index in [0.717, 1.165) is 29.6 Å². The summed E-state index contributed by atoms with van der Waals surface area (Å²) in [5.41, 5.74) is 3.00. The molecule has 0 heterocycles. The molecular formula is C29H50. The maximum Gasteiger partial charge on any atom is -0.0235 e. The molecule has 0 aromatic rings. The minimum atomic E-state index is 0.565. The molecule has 0 saturated heterocycles. The molecule has 0 nitrogen and oxygen atoms in total. The van der Waals surface area contributed by atoms with E-state index in [1.54, 1.807) is 12.8 Å². The van der Waals surface area contributed by atoms with Crippen LogP contribution in [-0.2, 0) is 0 Å². The zero-order valence-corrected chi connectivity index (χ0v) is 20.9. The highest BCUT2D eigenvalue weighted by molar-refractivity contribution is 5.17. The average molecular weight is 399 g/mol. The fourth-order valence-corrected chi connectivity index (χ4v) is 11.3. The van der Waals surface area contributed by atoms with Crippen molar-refractivity contribution in [3.8, 4) is 0 Å². The van der Waals surface area contributed by atoms with Crippen molar-refractivity contribution in [3.63, 3.8) is 0 Å². The Morgan fingerprint density at radius 1 is 0.586 bits per heavy atom. The molecule has 5 rings (SSSR count). The average Bonchev–Trinajstić information content (AvgIpc) is 2.63. The van der Waals surface area contributed by atoms with Gasteiger partial charge in [0.15, 0.2) is 0 Å². The molecule has 166 valence electrons. The van der Waals surface area contributed by atoms with Crippen LogP contribution < -0.4 is 0 Å². The lowest BCUT2D eigenvalue weighted by molar-refractivity contribution is -0.240. The van der Waals surface area contributed by atoms with Gasteiger partial charge in [-0.15, -0.1) is 0 Å². The summed E-state index contributed by atoms with van der Waals surface area (Å²) in [4.78, 5) is 0. The predicted octanol–water partition coefficient (Wildman–Crippen LogP) is 8.89. The van der Waals surface area contributed by atoms with Crippen molar-refractivity contribution >= 4 is 0 Å². The molecule has 5 aliphatic rings. The molecule has 5 saturated carbocycles. The highest BCUT2D eigenvalue weighted by Gasteiger charge is 2.68. The predicted molar refractivity (Wildman–Crippen MR) is 125 cm³/mol. The van der Waals surface area contributed by atoms with Crippen LogP contribution >= 0.6 is 0 Å². The largest absolute Gasteiger partial charge is 0.0625 e. The Hall–Kier alpha value is 0. The molecule has 0 radical (unpaired) electrons. The molecule has 0 spiro atoms. The van der Waals surface area contributed by atoms with E-state index >= 15 is 0 Å². The van der Waals surface area contributed by atoms with Crippen LogP contribution in [0.4, 0.5) is 0 Å². The van der Waals surface area contributed by atoms with E-state index in [0.29, 0.717) is 27.1 Å². The first kappa shape index (κ1) is 20.9. The first-order valence-corrected chi connectivity index (χ1v) is 13.5. The van der Waals surface area contributed by atoms with Crippen LogP contribution in [-0.4, -0.2) is 0 Å². The Bertz CT molecular complexity index is 661. The molecule has 0 aliphatic heterocycles. The number of hydrogen-bond donors (Lipinski definition) is 0. The minimum absolute atomic E-state index is 0.565. The summed E-state index contributed by atoms with van der Waals surface area (Å²) in [6.07, 6.45) is 18.2. The Labute approximate surface area is 182 Å². The van der Waals surface area contributed by atoms with E-state index in [1.165, 1.54) is 64.2 Å². The third-order valence-corrected chi connectivity index (χ3v) is 13.1. The highest BCUT2D eigenvalue weighted by atomic mass is 14.7. The summed E-state index contributed by atoms with van der Waals surface area (Å²) in [6.45, 7) is 18.8. The first-order valence-electron chi connectivity index (χ1n) is 13.5. The third kappa shape index (κ3) is 2.62. The fraction of sp³-hybridized carbons (Fsp3) is 1.00. The van der Waals surface area contributed by atoms with Crippen LogP contribution in [0, 0.1) is 56.7 Å². The SMILES string of the molecule is C[C@@H]1CC[C@]2(C)CC[C@]3(C)[C@H](CC[C@@H]4[C@@]5(C)CCCC(C)(C)[C@@H]5CC[C@]43C)[C@@H]2C1. The van der Waals surface area contributed by atoms with Gasteiger partial charge in [-0.25, -0.2) is 0 Å². The topological polar surface area (TPSA) is 0 Å². The van der Waals surface area contributed by atoms with Gasteiger partial charge in [0, 0.05) is 0 Å². The standard InChI is InChI=1S/C29H50/c1-20-11-15-26(4)17-18-28(6)21(22(26)19-20)9-10-24-27(5)14-8-13-25(2,3)23(27)12-16-29(24,28)7/h20-24H,8-19H2,1-7H3/t20-,21-,22+,23+,24-,26-,27+,28-,29-/m1/s1. The van der Waals surface area contributed by atoms with Crippen molar-refractivity contribution in [2.45, 2.75) is 126 Å². The van der Waals surface area contributed by atoms with Crippen LogP contribution in [0.1, 0.15) is 126 Å². The zero-order valence-electron chi connectivity index (χ0n) is 20.9. The third-order valence-electron chi connectivity index (χ3n) is 13.1. The van der Waals surface area contributed by atoms with Gasteiger partial charge >= 0.3 is 0 Å². The van der Waals surface area contributed by atoms with E-state index in [-0.39, 0.29) is 0 Å².